The van der Waals surface area contributed by atoms with Crippen molar-refractivity contribution in [1.29, 1.82) is 0 Å². The normalized spacial score (nSPS) is 9.38. The minimum atomic E-state index is -0.289. The van der Waals surface area contributed by atoms with E-state index in [1.54, 1.807) is 31.3 Å². The van der Waals surface area contributed by atoms with E-state index in [1.807, 2.05) is 13.0 Å². The molecule has 0 fully saturated rings. The van der Waals surface area contributed by atoms with Crippen molar-refractivity contribution >= 4 is 11.8 Å². The summed E-state index contributed by atoms with van der Waals surface area (Å²) >= 11 is 0. The highest BCUT2D eigenvalue weighted by Crippen LogP contribution is 2.05. The van der Waals surface area contributed by atoms with Crippen LogP contribution in [0, 0.1) is 0 Å². The Labute approximate surface area is 94.6 Å². The maximum Gasteiger partial charge on any atom is 0.261 e. The number of likely N-dealkylation sites (N-methyl/N-ethyl adjacent to an activating group) is 1. The molecule has 0 N–H and O–H groups in total. The van der Waals surface area contributed by atoms with Gasteiger partial charge in [0.05, 0.1) is 0 Å². The molecule has 0 radical (unpaired) electrons. The smallest absolute Gasteiger partial charge is 0.261 e. The van der Waals surface area contributed by atoms with Gasteiger partial charge in [0.2, 0.25) is 0 Å². The zero-order chi connectivity index (χ0) is 12.0. The van der Waals surface area contributed by atoms with E-state index in [0.29, 0.717) is 12.2 Å². The maximum absolute atomic E-state index is 11.7. The van der Waals surface area contributed by atoms with E-state index in [1.165, 1.54) is 4.90 Å². The molecule has 1 amide bonds. The molecule has 0 spiro atoms. The van der Waals surface area contributed by atoms with Crippen LogP contribution in [0.3, 0.4) is 0 Å². The van der Waals surface area contributed by atoms with Crippen molar-refractivity contribution in [3.8, 4) is 0 Å². The van der Waals surface area contributed by atoms with E-state index in [2.05, 4.69) is 4.98 Å². The summed E-state index contributed by atoms with van der Waals surface area (Å²) in [7, 11) is 1.65. The predicted octanol–water partition coefficient (Wildman–Crippen LogP) is 0.860. The topological polar surface area (TPSA) is 50.3 Å². The molecule has 0 unspecified atom stereocenters. The number of pyridine rings is 1. The fourth-order valence-electron chi connectivity index (χ4n) is 1.21. The van der Waals surface area contributed by atoms with Crippen LogP contribution < -0.4 is 0 Å². The number of rotatable bonds is 4. The van der Waals surface area contributed by atoms with Crippen molar-refractivity contribution in [2.24, 2.45) is 0 Å². The molecular formula is C12H14N2O2. The van der Waals surface area contributed by atoms with Crippen molar-refractivity contribution in [2.75, 3.05) is 13.6 Å². The third kappa shape index (κ3) is 3.04. The van der Waals surface area contributed by atoms with Crippen molar-refractivity contribution in [3.05, 3.63) is 35.7 Å². The zero-order valence-electron chi connectivity index (χ0n) is 9.43. The Hall–Kier alpha value is -1.93. The minimum Gasteiger partial charge on any atom is -0.342 e. The van der Waals surface area contributed by atoms with Crippen LogP contribution in [0.1, 0.15) is 12.6 Å². The summed E-state index contributed by atoms with van der Waals surface area (Å²) < 4.78 is 0. The third-order valence-corrected chi connectivity index (χ3v) is 2.29. The summed E-state index contributed by atoms with van der Waals surface area (Å²) in [6.07, 6.45) is 1.86. The predicted molar refractivity (Wildman–Crippen MR) is 60.5 cm³/mol. The first kappa shape index (κ1) is 12.1. The Morgan fingerprint density at radius 3 is 2.75 bits per heavy atom. The average molecular weight is 218 g/mol. The molecular weight excluding hydrogens is 204 g/mol. The number of carbonyl (C=O) groups is 1. The van der Waals surface area contributed by atoms with Gasteiger partial charge in [0.25, 0.3) is 5.91 Å². The quantitative estimate of drug-likeness (QED) is 0.556. The van der Waals surface area contributed by atoms with E-state index in [-0.39, 0.29) is 17.9 Å². The highest BCUT2D eigenvalue weighted by molar-refractivity contribution is 6.00. The first-order valence-corrected chi connectivity index (χ1v) is 5.08. The maximum atomic E-state index is 11.7. The van der Waals surface area contributed by atoms with Gasteiger partial charge in [-0.3, -0.25) is 9.78 Å². The van der Waals surface area contributed by atoms with Gasteiger partial charge in [0.1, 0.15) is 11.5 Å². The number of aromatic nitrogens is 1. The van der Waals surface area contributed by atoms with Gasteiger partial charge in [-0.15, -0.1) is 0 Å². The zero-order valence-corrected chi connectivity index (χ0v) is 9.43. The van der Waals surface area contributed by atoms with Gasteiger partial charge in [0.15, 0.2) is 0 Å². The monoisotopic (exact) mass is 218 g/mol. The van der Waals surface area contributed by atoms with Crippen molar-refractivity contribution in [2.45, 2.75) is 13.3 Å². The molecule has 0 saturated heterocycles. The van der Waals surface area contributed by atoms with Crippen molar-refractivity contribution < 1.29 is 9.59 Å². The Bertz CT molecular complexity index is 408. The Balaban J connectivity index is 2.79. The molecule has 0 aliphatic rings. The van der Waals surface area contributed by atoms with Crippen LogP contribution >= 0.6 is 0 Å². The summed E-state index contributed by atoms with van der Waals surface area (Å²) in [4.78, 5) is 28.0. The SMILES string of the molecule is CCN(C)C(=O)C(=C=O)Cc1ccccn1. The summed E-state index contributed by atoms with van der Waals surface area (Å²) in [6.45, 7) is 2.41. The number of nitrogens with zero attached hydrogens (tertiary/aromatic N) is 2. The lowest BCUT2D eigenvalue weighted by Gasteiger charge is -2.14. The standard InChI is InChI=1S/C12H14N2O2/c1-3-14(2)12(16)10(9-15)8-11-6-4-5-7-13-11/h4-7H,3,8H2,1-2H3. The van der Waals surface area contributed by atoms with Crippen LogP contribution in [0.2, 0.25) is 0 Å². The van der Waals surface area contributed by atoms with Crippen LogP contribution in [0.4, 0.5) is 0 Å². The Kier molecular flexibility index (Phi) is 4.42. The fraction of sp³-hybridized carbons (Fsp3) is 0.333. The summed E-state index contributed by atoms with van der Waals surface area (Å²) in [5.74, 6) is 1.41. The molecule has 84 valence electrons. The molecule has 1 rings (SSSR count). The highest BCUT2D eigenvalue weighted by atomic mass is 16.2. The number of hydrogen-bond donors (Lipinski definition) is 0. The molecule has 4 nitrogen and oxygen atoms in total. The van der Waals surface area contributed by atoms with Crippen LogP contribution in [-0.2, 0) is 16.0 Å². The first-order chi connectivity index (χ1) is 7.69. The lowest BCUT2D eigenvalue weighted by atomic mass is 10.1. The minimum absolute atomic E-state index is 0.114. The first-order valence-electron chi connectivity index (χ1n) is 5.08. The second-order valence-electron chi connectivity index (χ2n) is 3.40. The van der Waals surface area contributed by atoms with Crippen molar-refractivity contribution in [1.82, 2.24) is 9.88 Å². The van der Waals surface area contributed by atoms with Gasteiger partial charge in [-0.05, 0) is 19.1 Å². The van der Waals surface area contributed by atoms with Gasteiger partial charge >= 0.3 is 0 Å². The van der Waals surface area contributed by atoms with Crippen LogP contribution in [0.25, 0.3) is 0 Å². The van der Waals surface area contributed by atoms with Crippen LogP contribution in [0.15, 0.2) is 30.0 Å². The molecule has 0 aromatic carbocycles. The van der Waals surface area contributed by atoms with E-state index in [0.717, 1.165) is 0 Å². The average Bonchev–Trinajstić information content (AvgIpc) is 2.35. The molecule has 0 atom stereocenters. The summed E-state index contributed by atoms with van der Waals surface area (Å²) in [6, 6.07) is 5.38. The molecule has 0 aliphatic carbocycles. The van der Waals surface area contributed by atoms with Gasteiger partial charge in [0, 0.05) is 31.9 Å². The fourth-order valence-corrected chi connectivity index (χ4v) is 1.21. The Morgan fingerprint density at radius 2 is 2.25 bits per heavy atom. The molecule has 1 heterocycles. The van der Waals surface area contributed by atoms with Gasteiger partial charge in [-0.1, -0.05) is 6.07 Å². The Morgan fingerprint density at radius 1 is 1.50 bits per heavy atom. The highest BCUT2D eigenvalue weighted by Gasteiger charge is 2.15. The van der Waals surface area contributed by atoms with E-state index >= 15 is 0 Å². The molecule has 4 heteroatoms. The lowest BCUT2D eigenvalue weighted by molar-refractivity contribution is -0.125. The van der Waals surface area contributed by atoms with E-state index in [4.69, 9.17) is 0 Å². The molecule has 0 bridgehead atoms. The van der Waals surface area contributed by atoms with E-state index < -0.39 is 0 Å². The molecule has 16 heavy (non-hydrogen) atoms. The molecule has 1 aromatic rings. The van der Waals surface area contributed by atoms with Crippen LogP contribution in [-0.4, -0.2) is 35.3 Å². The molecule has 0 aliphatic heterocycles. The van der Waals surface area contributed by atoms with E-state index in [9.17, 15) is 9.59 Å². The number of hydrogen-bond acceptors (Lipinski definition) is 3. The second kappa shape index (κ2) is 5.83. The second-order valence-corrected chi connectivity index (χ2v) is 3.40. The molecule has 0 saturated carbocycles. The molecule has 1 aromatic heterocycles. The summed E-state index contributed by atoms with van der Waals surface area (Å²) in [5.41, 5.74) is 0.807. The lowest BCUT2D eigenvalue weighted by Crippen LogP contribution is -2.28. The van der Waals surface area contributed by atoms with Crippen molar-refractivity contribution in [3.63, 3.8) is 0 Å². The van der Waals surface area contributed by atoms with Gasteiger partial charge in [-0.25, -0.2) is 4.79 Å². The third-order valence-electron chi connectivity index (χ3n) is 2.29. The van der Waals surface area contributed by atoms with Gasteiger partial charge < -0.3 is 4.90 Å². The largest absolute Gasteiger partial charge is 0.342 e. The van der Waals surface area contributed by atoms with Gasteiger partial charge in [-0.2, -0.15) is 0 Å². The van der Waals surface area contributed by atoms with Crippen LogP contribution in [0.5, 0.6) is 0 Å². The summed E-state index contributed by atoms with van der Waals surface area (Å²) in [5, 5.41) is 0. The number of amides is 1. The number of carbonyl (C=O) groups excluding carboxylic acids is 2.